The van der Waals surface area contributed by atoms with Crippen molar-refractivity contribution in [3.05, 3.63) is 36.0 Å². The predicted octanol–water partition coefficient (Wildman–Crippen LogP) is 1.83. The van der Waals surface area contributed by atoms with Crippen molar-refractivity contribution in [1.82, 2.24) is 13.8 Å². The summed E-state index contributed by atoms with van der Waals surface area (Å²) in [6.07, 6.45) is 2.12. The van der Waals surface area contributed by atoms with Crippen molar-refractivity contribution in [3.8, 4) is 0 Å². The molecule has 0 saturated carbocycles. The Labute approximate surface area is 171 Å². The maximum absolute atomic E-state index is 13.4. The van der Waals surface area contributed by atoms with Crippen molar-refractivity contribution in [2.45, 2.75) is 37.2 Å². The van der Waals surface area contributed by atoms with Crippen LogP contribution in [0.2, 0.25) is 0 Å². The van der Waals surface area contributed by atoms with Gasteiger partial charge in [0.15, 0.2) is 0 Å². The highest BCUT2D eigenvalue weighted by atomic mass is 32.2. The second kappa shape index (κ2) is 6.30. The van der Waals surface area contributed by atoms with E-state index in [1.807, 2.05) is 60.8 Å². The van der Waals surface area contributed by atoms with Crippen molar-refractivity contribution in [2.24, 2.45) is 13.0 Å². The fourth-order valence-corrected chi connectivity index (χ4v) is 7.83. The van der Waals surface area contributed by atoms with Gasteiger partial charge in [-0.3, -0.25) is 4.79 Å². The lowest BCUT2D eigenvalue weighted by atomic mass is 9.98. The second-order valence-corrected chi connectivity index (χ2v) is 11.2. The first-order valence-electron chi connectivity index (χ1n) is 10.2. The molecule has 0 N–H and O–H groups in total. The molecule has 3 atom stereocenters. The van der Waals surface area contributed by atoms with Crippen LogP contribution in [-0.2, 0) is 21.8 Å². The Balaban J connectivity index is 1.47. The summed E-state index contributed by atoms with van der Waals surface area (Å²) in [5.74, 6) is 0.197. The molecule has 1 spiro atoms. The van der Waals surface area contributed by atoms with E-state index in [1.54, 1.807) is 4.31 Å². The Hall–Kier alpha value is -1.90. The molecule has 0 aliphatic carbocycles. The molecule has 29 heavy (non-hydrogen) atoms. The van der Waals surface area contributed by atoms with Gasteiger partial charge >= 0.3 is 0 Å². The van der Waals surface area contributed by atoms with Gasteiger partial charge in [0.1, 0.15) is 10.9 Å². The predicted molar refractivity (Wildman–Crippen MR) is 110 cm³/mol. The molecule has 1 aromatic heterocycles. The minimum Gasteiger partial charge on any atom is -0.365 e. The molecule has 0 unspecified atom stereocenters. The van der Waals surface area contributed by atoms with Gasteiger partial charge in [-0.2, -0.15) is 4.31 Å². The lowest BCUT2D eigenvalue weighted by Crippen LogP contribution is -2.56. The quantitative estimate of drug-likeness (QED) is 0.764. The number of para-hydroxylation sites is 1. The average Bonchev–Trinajstić information content (AvgIpc) is 3.20. The van der Waals surface area contributed by atoms with E-state index >= 15 is 0 Å². The first-order valence-corrected chi connectivity index (χ1v) is 11.7. The molecule has 3 aliphatic heterocycles. The minimum atomic E-state index is -3.40. The molecular formula is C21H27N3O4S. The van der Waals surface area contributed by atoms with Gasteiger partial charge in [0.2, 0.25) is 10.0 Å². The molecule has 5 rings (SSSR count). The summed E-state index contributed by atoms with van der Waals surface area (Å²) in [6, 6.07) is 7.85. The first kappa shape index (κ1) is 19.1. The van der Waals surface area contributed by atoms with E-state index in [2.05, 4.69) is 0 Å². The summed E-state index contributed by atoms with van der Waals surface area (Å²) in [5, 5.41) is 0.373. The van der Waals surface area contributed by atoms with Crippen molar-refractivity contribution in [1.29, 1.82) is 0 Å². The number of aromatic nitrogens is 1. The van der Waals surface area contributed by atoms with Crippen LogP contribution >= 0.6 is 0 Å². The Kier molecular flexibility index (Phi) is 4.14. The van der Waals surface area contributed by atoms with Gasteiger partial charge in [0.05, 0.1) is 18.2 Å². The van der Waals surface area contributed by atoms with E-state index in [1.165, 1.54) is 0 Å². The fraction of sp³-hybridized carbons (Fsp3) is 0.571. The summed E-state index contributed by atoms with van der Waals surface area (Å²) in [5.41, 5.74) is 0.864. The number of hydrogen-bond acceptors (Lipinski definition) is 4. The molecule has 2 aromatic rings. The number of nitrogens with zero attached hydrogens (tertiary/aromatic N) is 3. The van der Waals surface area contributed by atoms with Crippen LogP contribution in [0.5, 0.6) is 0 Å². The van der Waals surface area contributed by atoms with Crippen molar-refractivity contribution >= 4 is 26.8 Å². The van der Waals surface area contributed by atoms with E-state index in [0.717, 1.165) is 10.9 Å². The Morgan fingerprint density at radius 3 is 2.79 bits per heavy atom. The van der Waals surface area contributed by atoms with Crippen LogP contribution in [0.4, 0.5) is 0 Å². The van der Waals surface area contributed by atoms with Gasteiger partial charge in [0.25, 0.3) is 5.91 Å². The zero-order valence-electron chi connectivity index (χ0n) is 17.0. The van der Waals surface area contributed by atoms with E-state index in [4.69, 9.17) is 4.74 Å². The smallest absolute Gasteiger partial charge is 0.256 e. The van der Waals surface area contributed by atoms with E-state index in [9.17, 15) is 13.2 Å². The fourth-order valence-electron chi connectivity index (χ4n) is 5.36. The van der Waals surface area contributed by atoms with Crippen LogP contribution in [0.25, 0.3) is 10.9 Å². The molecule has 4 heterocycles. The highest BCUT2D eigenvalue weighted by Crippen LogP contribution is 2.47. The van der Waals surface area contributed by atoms with E-state index < -0.39 is 20.9 Å². The Bertz CT molecular complexity index is 1090. The third-order valence-corrected chi connectivity index (χ3v) is 8.83. The number of hydrogen-bond donors (Lipinski definition) is 0. The molecule has 156 valence electrons. The lowest BCUT2D eigenvalue weighted by Gasteiger charge is -2.39. The molecule has 3 fully saturated rings. The molecular weight excluding hydrogens is 390 g/mol. The zero-order chi connectivity index (χ0) is 20.6. The summed E-state index contributed by atoms with van der Waals surface area (Å²) in [6.45, 7) is 5.63. The van der Waals surface area contributed by atoms with Crippen molar-refractivity contribution < 1.29 is 17.9 Å². The molecule has 1 aromatic carbocycles. The maximum Gasteiger partial charge on any atom is 0.256 e. The number of morpholine rings is 1. The average molecular weight is 418 g/mol. The molecule has 7 nitrogen and oxygen atoms in total. The molecule has 1 amide bonds. The summed E-state index contributed by atoms with van der Waals surface area (Å²) in [7, 11) is -1.47. The lowest BCUT2D eigenvalue weighted by molar-refractivity contribution is -0.0979. The highest BCUT2D eigenvalue weighted by Gasteiger charge is 2.65. The topological polar surface area (TPSA) is 71.8 Å². The summed E-state index contributed by atoms with van der Waals surface area (Å²) >= 11 is 0. The first-order chi connectivity index (χ1) is 13.7. The number of ether oxygens (including phenoxy) is 1. The van der Waals surface area contributed by atoms with Crippen LogP contribution < -0.4 is 0 Å². The van der Waals surface area contributed by atoms with Gasteiger partial charge in [-0.05, 0) is 18.4 Å². The minimum absolute atomic E-state index is 0.0465. The number of carbonyl (C=O) groups excluding carboxylic acids is 1. The van der Waals surface area contributed by atoms with Crippen LogP contribution in [0.15, 0.2) is 30.5 Å². The van der Waals surface area contributed by atoms with E-state index in [0.29, 0.717) is 38.2 Å². The normalized spacial score (nSPS) is 31.0. The van der Waals surface area contributed by atoms with Crippen molar-refractivity contribution in [2.75, 3.05) is 26.2 Å². The maximum atomic E-state index is 13.4. The number of likely N-dealkylation sites (tertiary alicyclic amines) is 1. The SMILES string of the molecule is CC(C)CN1C[C@]23CN(C(=O)c4cn(C)c5ccccc45)C[C@H](C[C@H]2S1(=O)=O)O3. The molecule has 2 bridgehead atoms. The standard InChI is InChI=1S/C21H27N3O4S/c1-14(2)9-24-13-21-12-23(10-15(28-21)8-19(21)29(24,26)27)20(25)17-11-22(3)18-7-5-4-6-16(17)18/h4-7,11,14-15,19H,8-10,12-13H2,1-3H3/t15-,19+,21+/m0/s1. The van der Waals surface area contributed by atoms with Crippen LogP contribution in [0.1, 0.15) is 30.6 Å². The number of rotatable bonds is 3. The van der Waals surface area contributed by atoms with Gasteiger partial charge in [-0.25, -0.2) is 8.42 Å². The van der Waals surface area contributed by atoms with Gasteiger partial charge in [-0.1, -0.05) is 32.0 Å². The number of fused-ring (bicyclic) bond motifs is 2. The van der Waals surface area contributed by atoms with E-state index in [-0.39, 0.29) is 17.9 Å². The Morgan fingerprint density at radius 1 is 1.28 bits per heavy atom. The number of sulfonamides is 1. The third kappa shape index (κ3) is 2.76. The Morgan fingerprint density at radius 2 is 2.03 bits per heavy atom. The van der Waals surface area contributed by atoms with Gasteiger partial charge in [0, 0.05) is 43.8 Å². The third-order valence-electron chi connectivity index (χ3n) is 6.49. The number of aryl methyl sites for hydroxylation is 1. The molecule has 8 heteroatoms. The number of amides is 1. The second-order valence-electron chi connectivity index (χ2n) is 9.12. The van der Waals surface area contributed by atoms with Crippen LogP contribution in [0.3, 0.4) is 0 Å². The summed E-state index contributed by atoms with van der Waals surface area (Å²) < 4.78 is 36.0. The molecule has 3 aliphatic rings. The van der Waals surface area contributed by atoms with Crippen LogP contribution in [-0.4, -0.2) is 71.2 Å². The zero-order valence-corrected chi connectivity index (χ0v) is 17.9. The van der Waals surface area contributed by atoms with Gasteiger partial charge in [-0.15, -0.1) is 0 Å². The summed E-state index contributed by atoms with van der Waals surface area (Å²) in [4.78, 5) is 15.3. The molecule has 0 radical (unpaired) electrons. The largest absolute Gasteiger partial charge is 0.365 e. The van der Waals surface area contributed by atoms with Crippen molar-refractivity contribution in [3.63, 3.8) is 0 Å². The number of benzene rings is 1. The molecule has 3 saturated heterocycles. The number of carbonyl (C=O) groups is 1. The van der Waals surface area contributed by atoms with Crippen LogP contribution in [0, 0.1) is 5.92 Å². The van der Waals surface area contributed by atoms with Gasteiger partial charge < -0.3 is 14.2 Å². The highest BCUT2D eigenvalue weighted by molar-refractivity contribution is 7.90. The monoisotopic (exact) mass is 417 g/mol.